The maximum absolute atomic E-state index is 12.8. The summed E-state index contributed by atoms with van der Waals surface area (Å²) in [6.45, 7) is 2.21. The molecule has 1 amide bonds. The van der Waals surface area contributed by atoms with Crippen molar-refractivity contribution < 1.29 is 24.2 Å². The quantitative estimate of drug-likeness (QED) is 0.746. The zero-order chi connectivity index (χ0) is 21.1. The molecule has 4 rings (SSSR count). The SMILES string of the molecule is O=C(c1ccc(O)cc1)C1CCN(C(=O)Cc2cc(Cl)c3c(c2)OCCCO3)CC1. The van der Waals surface area contributed by atoms with Crippen LogP contribution in [-0.2, 0) is 11.2 Å². The van der Waals surface area contributed by atoms with E-state index < -0.39 is 0 Å². The Morgan fingerprint density at radius 1 is 1.07 bits per heavy atom. The summed E-state index contributed by atoms with van der Waals surface area (Å²) in [5.41, 5.74) is 1.39. The average Bonchev–Trinajstić information content (AvgIpc) is 3.00. The Morgan fingerprint density at radius 2 is 1.77 bits per heavy atom. The van der Waals surface area contributed by atoms with E-state index in [0.717, 1.165) is 12.0 Å². The molecule has 0 aromatic heterocycles. The van der Waals surface area contributed by atoms with E-state index in [1.54, 1.807) is 23.1 Å². The maximum Gasteiger partial charge on any atom is 0.226 e. The van der Waals surface area contributed by atoms with Crippen LogP contribution in [0.25, 0.3) is 0 Å². The van der Waals surface area contributed by atoms with E-state index in [2.05, 4.69) is 0 Å². The first-order chi connectivity index (χ1) is 14.5. The van der Waals surface area contributed by atoms with Gasteiger partial charge < -0.3 is 19.5 Å². The number of benzene rings is 2. The first-order valence-electron chi connectivity index (χ1n) is 10.2. The van der Waals surface area contributed by atoms with Gasteiger partial charge in [0.2, 0.25) is 5.91 Å². The van der Waals surface area contributed by atoms with E-state index in [1.807, 2.05) is 6.07 Å². The first kappa shape index (κ1) is 20.5. The lowest BCUT2D eigenvalue weighted by Gasteiger charge is -2.31. The Balaban J connectivity index is 1.36. The van der Waals surface area contributed by atoms with Crippen molar-refractivity contribution in [1.29, 1.82) is 0 Å². The van der Waals surface area contributed by atoms with E-state index in [0.29, 0.717) is 61.2 Å². The number of piperidine rings is 1. The number of nitrogens with zero attached hydrogens (tertiary/aromatic N) is 1. The van der Waals surface area contributed by atoms with Crippen molar-refractivity contribution in [2.75, 3.05) is 26.3 Å². The van der Waals surface area contributed by atoms with Gasteiger partial charge in [0.25, 0.3) is 0 Å². The van der Waals surface area contributed by atoms with Gasteiger partial charge in [0.1, 0.15) is 5.75 Å². The number of carbonyl (C=O) groups excluding carboxylic acids is 2. The third-order valence-corrected chi connectivity index (χ3v) is 5.87. The lowest BCUT2D eigenvalue weighted by atomic mass is 9.88. The zero-order valence-corrected chi connectivity index (χ0v) is 17.4. The highest BCUT2D eigenvalue weighted by atomic mass is 35.5. The molecule has 0 saturated carbocycles. The Morgan fingerprint density at radius 3 is 2.50 bits per heavy atom. The van der Waals surface area contributed by atoms with Crippen LogP contribution in [-0.4, -0.2) is 48.0 Å². The number of halogens is 1. The summed E-state index contributed by atoms with van der Waals surface area (Å²) in [4.78, 5) is 27.3. The largest absolute Gasteiger partial charge is 0.508 e. The first-order valence-corrected chi connectivity index (χ1v) is 10.6. The number of phenolic OH excluding ortho intramolecular Hbond substituents is 1. The minimum atomic E-state index is -0.105. The number of fused-ring (bicyclic) bond motifs is 1. The van der Waals surface area contributed by atoms with Crippen molar-refractivity contribution in [2.24, 2.45) is 5.92 Å². The molecule has 0 bridgehead atoms. The predicted octanol–water partition coefficient (Wildman–Crippen LogP) is 3.87. The molecule has 0 aliphatic carbocycles. The summed E-state index contributed by atoms with van der Waals surface area (Å²) in [5.74, 6) is 1.24. The highest BCUT2D eigenvalue weighted by Crippen LogP contribution is 2.38. The van der Waals surface area contributed by atoms with Gasteiger partial charge in [-0.15, -0.1) is 0 Å². The van der Waals surface area contributed by atoms with Crippen molar-refractivity contribution in [3.63, 3.8) is 0 Å². The van der Waals surface area contributed by atoms with E-state index in [4.69, 9.17) is 21.1 Å². The zero-order valence-electron chi connectivity index (χ0n) is 16.6. The molecule has 30 heavy (non-hydrogen) atoms. The Kier molecular flexibility index (Phi) is 6.13. The second-order valence-electron chi connectivity index (χ2n) is 7.70. The summed E-state index contributed by atoms with van der Waals surface area (Å²) < 4.78 is 11.3. The van der Waals surface area contributed by atoms with Crippen molar-refractivity contribution >= 4 is 23.3 Å². The molecule has 7 heteroatoms. The summed E-state index contributed by atoms with van der Waals surface area (Å²) in [5, 5.41) is 9.84. The lowest BCUT2D eigenvalue weighted by molar-refractivity contribution is -0.131. The fourth-order valence-corrected chi connectivity index (χ4v) is 4.21. The molecule has 6 nitrogen and oxygen atoms in total. The number of ketones is 1. The number of carbonyl (C=O) groups is 2. The number of ether oxygens (including phenoxy) is 2. The van der Waals surface area contributed by atoms with Gasteiger partial charge in [0.05, 0.1) is 24.7 Å². The van der Waals surface area contributed by atoms with Gasteiger partial charge in [-0.25, -0.2) is 0 Å². The number of aromatic hydroxyl groups is 1. The summed E-state index contributed by atoms with van der Waals surface area (Å²) in [7, 11) is 0. The third kappa shape index (κ3) is 4.54. The number of hydrogen-bond donors (Lipinski definition) is 1. The molecular formula is C23H24ClNO5. The monoisotopic (exact) mass is 429 g/mol. The van der Waals surface area contributed by atoms with E-state index in [9.17, 15) is 14.7 Å². The van der Waals surface area contributed by atoms with Crippen LogP contribution in [0.2, 0.25) is 5.02 Å². The summed E-state index contributed by atoms with van der Waals surface area (Å²) in [6.07, 6.45) is 2.28. The smallest absolute Gasteiger partial charge is 0.226 e. The average molecular weight is 430 g/mol. The molecule has 1 N–H and O–H groups in total. The summed E-state index contributed by atoms with van der Waals surface area (Å²) >= 11 is 6.33. The predicted molar refractivity (Wildman–Crippen MR) is 113 cm³/mol. The van der Waals surface area contributed by atoms with Crippen LogP contribution < -0.4 is 9.47 Å². The molecule has 2 aliphatic heterocycles. The van der Waals surface area contributed by atoms with Crippen LogP contribution in [0.4, 0.5) is 0 Å². The second kappa shape index (κ2) is 8.96. The number of hydrogen-bond acceptors (Lipinski definition) is 5. The molecular weight excluding hydrogens is 406 g/mol. The highest BCUT2D eigenvalue weighted by Gasteiger charge is 2.28. The Labute approximate surface area is 180 Å². The fraction of sp³-hybridized carbons (Fsp3) is 0.391. The standard InChI is InChI=1S/C23H24ClNO5/c24-19-12-15(13-20-23(19)30-11-1-10-29-20)14-21(27)25-8-6-17(7-9-25)22(28)16-2-4-18(26)5-3-16/h2-5,12-13,17,26H,1,6-11,14H2. The number of phenols is 1. The Hall–Kier alpha value is -2.73. The van der Waals surface area contributed by atoms with Gasteiger partial charge in [-0.1, -0.05) is 11.6 Å². The molecule has 2 heterocycles. The van der Waals surface area contributed by atoms with Gasteiger partial charge in [-0.05, 0) is 54.8 Å². The topological polar surface area (TPSA) is 76.1 Å². The molecule has 0 radical (unpaired) electrons. The van der Waals surface area contributed by atoms with Crippen LogP contribution in [0.15, 0.2) is 36.4 Å². The molecule has 2 aromatic rings. The molecule has 0 atom stereocenters. The van der Waals surface area contributed by atoms with Crippen molar-refractivity contribution in [2.45, 2.75) is 25.7 Å². The van der Waals surface area contributed by atoms with E-state index >= 15 is 0 Å². The van der Waals surface area contributed by atoms with Crippen molar-refractivity contribution in [3.05, 3.63) is 52.5 Å². The van der Waals surface area contributed by atoms with Gasteiger partial charge in [0.15, 0.2) is 17.3 Å². The molecule has 1 fully saturated rings. The van der Waals surface area contributed by atoms with Crippen molar-refractivity contribution in [1.82, 2.24) is 4.90 Å². The van der Waals surface area contributed by atoms with Gasteiger partial charge in [-0.3, -0.25) is 9.59 Å². The van der Waals surface area contributed by atoms with Crippen LogP contribution in [0.1, 0.15) is 35.2 Å². The molecule has 2 aliphatic rings. The minimum absolute atomic E-state index is 0.0103. The number of Topliss-reactive ketones (excluding diaryl/α,β-unsaturated/α-hetero) is 1. The molecule has 158 valence electrons. The van der Waals surface area contributed by atoms with Gasteiger partial charge >= 0.3 is 0 Å². The van der Waals surface area contributed by atoms with Gasteiger partial charge in [-0.2, -0.15) is 0 Å². The number of amides is 1. The molecule has 2 aromatic carbocycles. The minimum Gasteiger partial charge on any atom is -0.508 e. The van der Waals surface area contributed by atoms with E-state index in [-0.39, 0.29) is 29.8 Å². The second-order valence-corrected chi connectivity index (χ2v) is 8.11. The van der Waals surface area contributed by atoms with E-state index in [1.165, 1.54) is 12.1 Å². The fourth-order valence-electron chi connectivity index (χ4n) is 3.93. The van der Waals surface area contributed by atoms with Crippen LogP contribution >= 0.6 is 11.6 Å². The normalized spacial score (nSPS) is 16.8. The molecule has 0 spiro atoms. The molecule has 0 unspecified atom stereocenters. The molecule has 1 saturated heterocycles. The van der Waals surface area contributed by atoms with Crippen LogP contribution in [0.3, 0.4) is 0 Å². The van der Waals surface area contributed by atoms with Crippen LogP contribution in [0.5, 0.6) is 17.2 Å². The number of likely N-dealkylation sites (tertiary alicyclic amines) is 1. The maximum atomic E-state index is 12.8. The van der Waals surface area contributed by atoms with Gasteiger partial charge in [0, 0.05) is 31.0 Å². The Bertz CT molecular complexity index is 935. The highest BCUT2D eigenvalue weighted by molar-refractivity contribution is 6.32. The number of rotatable bonds is 4. The lowest BCUT2D eigenvalue weighted by Crippen LogP contribution is -2.41. The summed E-state index contributed by atoms with van der Waals surface area (Å²) in [6, 6.07) is 9.91. The third-order valence-electron chi connectivity index (χ3n) is 5.59. The van der Waals surface area contributed by atoms with Crippen LogP contribution in [0, 0.1) is 5.92 Å². The van der Waals surface area contributed by atoms with Crippen molar-refractivity contribution in [3.8, 4) is 17.2 Å².